The molecule has 0 heterocycles. The Morgan fingerprint density at radius 3 is 2.73 bits per heavy atom. The molecule has 0 aliphatic heterocycles. The highest BCUT2D eigenvalue weighted by molar-refractivity contribution is 6.31. The summed E-state index contributed by atoms with van der Waals surface area (Å²) < 4.78 is 0. The lowest BCUT2D eigenvalue weighted by molar-refractivity contribution is -0.527. The molecule has 0 aromatic carbocycles. The average molecular weight is 194 g/mol. The Hall–Kier alpha value is -0.540. The number of rotatable bonds is 1. The van der Waals surface area contributed by atoms with E-state index in [2.05, 4.69) is 0 Å². The molecule has 1 aliphatic rings. The maximum atomic E-state index is 10.4. The van der Waals surface area contributed by atoms with E-state index in [1.54, 1.807) is 6.08 Å². The van der Waals surface area contributed by atoms with Gasteiger partial charge in [-0.1, -0.05) is 17.7 Å². The second-order valence-electron chi connectivity index (χ2n) is 2.23. The van der Waals surface area contributed by atoms with Gasteiger partial charge in [0.2, 0.25) is 0 Å². The minimum absolute atomic E-state index is 0.0552. The monoisotopic (exact) mass is 193 g/mol. The Bertz CT molecular complexity index is 249. The predicted octanol–water partition coefficient (Wildman–Crippen LogP) is 2.28. The van der Waals surface area contributed by atoms with Crippen LogP contribution in [-0.2, 0) is 0 Å². The first kappa shape index (κ1) is 8.56. The van der Waals surface area contributed by atoms with Gasteiger partial charge in [0.15, 0.2) is 0 Å². The minimum Gasteiger partial charge on any atom is -0.262 e. The fourth-order valence-corrected chi connectivity index (χ4v) is 1.34. The van der Waals surface area contributed by atoms with Gasteiger partial charge in [0.1, 0.15) is 0 Å². The van der Waals surface area contributed by atoms with Crippen LogP contribution in [0.5, 0.6) is 0 Å². The van der Waals surface area contributed by atoms with Crippen molar-refractivity contribution in [2.24, 2.45) is 0 Å². The van der Waals surface area contributed by atoms with Crippen LogP contribution < -0.4 is 0 Å². The molecule has 0 radical (unpaired) electrons. The van der Waals surface area contributed by atoms with E-state index in [-0.39, 0.29) is 6.42 Å². The number of halogens is 2. The molecule has 0 saturated heterocycles. The number of allylic oxidation sites excluding steroid dienone is 2. The lowest BCUT2D eigenvalue weighted by atomic mass is 10.1. The molecule has 1 atom stereocenters. The van der Waals surface area contributed by atoms with Crippen molar-refractivity contribution in [1.82, 2.24) is 0 Å². The molecular weight excluding hydrogens is 189 g/mol. The van der Waals surface area contributed by atoms with Crippen LogP contribution in [0.15, 0.2) is 23.3 Å². The molecule has 11 heavy (non-hydrogen) atoms. The quantitative estimate of drug-likeness (QED) is 0.278. The standard InChI is InChI=1S/C6H5Cl2NO2/c7-5-2-1-3-6(8,4-5)9(10)11/h1-3H,4H2. The molecule has 0 aromatic rings. The van der Waals surface area contributed by atoms with Crippen LogP contribution >= 0.6 is 23.2 Å². The van der Waals surface area contributed by atoms with E-state index in [4.69, 9.17) is 23.2 Å². The van der Waals surface area contributed by atoms with Gasteiger partial charge in [-0.25, -0.2) is 0 Å². The first-order valence-electron chi connectivity index (χ1n) is 2.92. The molecule has 60 valence electrons. The molecule has 0 N–H and O–H groups in total. The van der Waals surface area contributed by atoms with Crippen LogP contribution in [0.1, 0.15) is 6.42 Å². The highest BCUT2D eigenvalue weighted by Crippen LogP contribution is 2.31. The van der Waals surface area contributed by atoms with E-state index in [0.717, 1.165) is 0 Å². The van der Waals surface area contributed by atoms with Crippen LogP contribution in [-0.4, -0.2) is 9.92 Å². The number of hydrogen-bond donors (Lipinski definition) is 0. The summed E-state index contributed by atoms with van der Waals surface area (Å²) in [6.07, 6.45) is 4.45. The van der Waals surface area contributed by atoms with E-state index in [1.807, 2.05) is 0 Å². The third kappa shape index (κ3) is 1.73. The van der Waals surface area contributed by atoms with Crippen molar-refractivity contribution in [2.75, 3.05) is 0 Å². The zero-order valence-corrected chi connectivity index (χ0v) is 6.97. The summed E-state index contributed by atoms with van der Waals surface area (Å²) in [7, 11) is 0. The summed E-state index contributed by atoms with van der Waals surface area (Å²) in [5.41, 5.74) is 0. The molecule has 0 bridgehead atoms. The fourth-order valence-electron chi connectivity index (χ4n) is 0.780. The van der Waals surface area contributed by atoms with E-state index < -0.39 is 9.92 Å². The van der Waals surface area contributed by atoms with E-state index in [1.165, 1.54) is 12.2 Å². The predicted molar refractivity (Wildman–Crippen MR) is 43.3 cm³/mol. The van der Waals surface area contributed by atoms with Crippen LogP contribution in [0.3, 0.4) is 0 Å². The summed E-state index contributed by atoms with van der Waals surface area (Å²) in [5.74, 6) is 0. The van der Waals surface area contributed by atoms with Gasteiger partial charge in [-0.05, 0) is 17.7 Å². The summed E-state index contributed by atoms with van der Waals surface area (Å²) in [6, 6.07) is 0. The Labute approximate surface area is 73.4 Å². The van der Waals surface area contributed by atoms with Gasteiger partial charge < -0.3 is 0 Å². The van der Waals surface area contributed by atoms with Crippen LogP contribution in [0.4, 0.5) is 0 Å². The first-order valence-corrected chi connectivity index (χ1v) is 3.67. The van der Waals surface area contributed by atoms with Crippen molar-refractivity contribution >= 4 is 23.2 Å². The SMILES string of the molecule is O=[N+]([O-])C1(Cl)C=CC=C(Cl)C1. The van der Waals surface area contributed by atoms with E-state index >= 15 is 0 Å². The van der Waals surface area contributed by atoms with Crippen molar-refractivity contribution in [3.8, 4) is 0 Å². The Kier molecular flexibility index (Phi) is 2.20. The van der Waals surface area contributed by atoms with E-state index in [0.29, 0.717) is 5.03 Å². The van der Waals surface area contributed by atoms with Crippen molar-refractivity contribution in [2.45, 2.75) is 11.4 Å². The number of nitrogens with zero attached hydrogens (tertiary/aromatic N) is 1. The number of nitro groups is 1. The summed E-state index contributed by atoms with van der Waals surface area (Å²) in [4.78, 5) is 8.27. The molecule has 5 heteroatoms. The van der Waals surface area contributed by atoms with Crippen molar-refractivity contribution in [3.63, 3.8) is 0 Å². The Morgan fingerprint density at radius 1 is 1.73 bits per heavy atom. The lowest BCUT2D eigenvalue weighted by Crippen LogP contribution is -2.30. The number of alkyl halides is 1. The van der Waals surface area contributed by atoms with Crippen molar-refractivity contribution in [3.05, 3.63) is 33.4 Å². The second-order valence-corrected chi connectivity index (χ2v) is 3.37. The largest absolute Gasteiger partial charge is 0.318 e. The fraction of sp³-hybridized carbons (Fsp3) is 0.333. The topological polar surface area (TPSA) is 43.1 Å². The Morgan fingerprint density at radius 2 is 2.36 bits per heavy atom. The normalized spacial score (nSPS) is 29.8. The second kappa shape index (κ2) is 2.83. The van der Waals surface area contributed by atoms with Gasteiger partial charge in [0.25, 0.3) is 0 Å². The lowest BCUT2D eigenvalue weighted by Gasteiger charge is -2.15. The van der Waals surface area contributed by atoms with Gasteiger partial charge in [0.05, 0.1) is 6.42 Å². The smallest absolute Gasteiger partial charge is 0.262 e. The summed E-state index contributed by atoms with van der Waals surface area (Å²) >= 11 is 11.2. The molecule has 1 unspecified atom stereocenters. The van der Waals surface area contributed by atoms with Crippen molar-refractivity contribution < 1.29 is 4.92 Å². The van der Waals surface area contributed by atoms with Crippen LogP contribution in [0.2, 0.25) is 0 Å². The molecule has 1 rings (SSSR count). The van der Waals surface area contributed by atoms with Crippen molar-refractivity contribution in [1.29, 1.82) is 0 Å². The summed E-state index contributed by atoms with van der Waals surface area (Å²) in [6.45, 7) is 0. The molecule has 0 amide bonds. The van der Waals surface area contributed by atoms with Gasteiger partial charge in [-0.2, -0.15) is 0 Å². The zero-order chi connectivity index (χ0) is 8.48. The molecule has 3 nitrogen and oxygen atoms in total. The molecule has 0 fully saturated rings. The molecule has 0 spiro atoms. The molecule has 0 saturated carbocycles. The van der Waals surface area contributed by atoms with E-state index in [9.17, 15) is 10.1 Å². The highest BCUT2D eigenvalue weighted by Gasteiger charge is 2.39. The summed E-state index contributed by atoms with van der Waals surface area (Å²) in [5, 5.41) is 10.8. The third-order valence-corrected chi connectivity index (χ3v) is 2.01. The maximum Gasteiger partial charge on any atom is 0.318 e. The third-order valence-electron chi connectivity index (χ3n) is 1.35. The molecule has 0 aromatic heterocycles. The Balaban J connectivity index is 2.86. The number of hydrogen-bond acceptors (Lipinski definition) is 2. The van der Waals surface area contributed by atoms with Gasteiger partial charge in [-0.3, -0.25) is 10.1 Å². The highest BCUT2D eigenvalue weighted by atomic mass is 35.5. The maximum absolute atomic E-state index is 10.4. The first-order chi connectivity index (χ1) is 5.04. The van der Waals surface area contributed by atoms with Gasteiger partial charge >= 0.3 is 5.00 Å². The zero-order valence-electron chi connectivity index (χ0n) is 5.46. The van der Waals surface area contributed by atoms with Crippen LogP contribution in [0, 0.1) is 10.1 Å². The molecular formula is C6H5Cl2NO2. The minimum atomic E-state index is -1.54. The van der Waals surface area contributed by atoms with Gasteiger partial charge in [-0.15, -0.1) is 0 Å². The van der Waals surface area contributed by atoms with Crippen LogP contribution in [0.25, 0.3) is 0 Å². The van der Waals surface area contributed by atoms with Gasteiger partial charge in [0, 0.05) is 16.0 Å². The molecule has 1 aliphatic carbocycles. The average Bonchev–Trinajstić information content (AvgIpc) is 1.86.